The molecular formula is C8H8BrClN2. The predicted molar refractivity (Wildman–Crippen MR) is 53.9 cm³/mol. The maximum atomic E-state index is 8.47. The van der Waals surface area contributed by atoms with E-state index in [0.717, 1.165) is 10.0 Å². The average molecular weight is 248 g/mol. The van der Waals surface area contributed by atoms with E-state index < -0.39 is 6.04 Å². The third-order valence-corrected chi connectivity index (χ3v) is 1.90. The molecule has 2 N–H and O–H groups in total. The van der Waals surface area contributed by atoms with E-state index in [9.17, 15) is 0 Å². The zero-order valence-corrected chi connectivity index (χ0v) is 8.60. The summed E-state index contributed by atoms with van der Waals surface area (Å²) in [6, 6.07) is 8.85. The monoisotopic (exact) mass is 246 g/mol. The van der Waals surface area contributed by atoms with Crippen molar-refractivity contribution >= 4 is 28.3 Å². The molecule has 0 radical (unpaired) electrons. The van der Waals surface area contributed by atoms with E-state index in [1.807, 2.05) is 30.3 Å². The molecule has 0 saturated carbocycles. The number of halogens is 2. The van der Waals surface area contributed by atoms with Gasteiger partial charge in [0.25, 0.3) is 0 Å². The summed E-state index contributed by atoms with van der Waals surface area (Å²) >= 11 is 3.29. The van der Waals surface area contributed by atoms with Crippen LogP contribution >= 0.6 is 28.3 Å². The van der Waals surface area contributed by atoms with Crippen LogP contribution in [-0.2, 0) is 0 Å². The first-order valence-electron chi connectivity index (χ1n) is 3.14. The first-order chi connectivity index (χ1) is 5.24. The maximum absolute atomic E-state index is 8.47. The lowest BCUT2D eigenvalue weighted by Gasteiger charge is -2.01. The highest BCUT2D eigenvalue weighted by atomic mass is 79.9. The number of rotatable bonds is 1. The van der Waals surface area contributed by atoms with Gasteiger partial charge in [0.05, 0.1) is 6.07 Å². The standard InChI is InChI=1S/C8H7BrN2.ClH/c9-7-3-1-6(2-4-7)8(11)5-10;/h1-4,8H,11H2;1H. The third kappa shape index (κ3) is 2.82. The highest BCUT2D eigenvalue weighted by molar-refractivity contribution is 9.10. The number of nitrogens with zero attached hydrogens (tertiary/aromatic N) is 1. The summed E-state index contributed by atoms with van der Waals surface area (Å²) in [4.78, 5) is 0. The van der Waals surface area contributed by atoms with Crippen molar-refractivity contribution in [3.8, 4) is 6.07 Å². The van der Waals surface area contributed by atoms with E-state index in [0.29, 0.717) is 0 Å². The van der Waals surface area contributed by atoms with Gasteiger partial charge in [-0.25, -0.2) is 0 Å². The summed E-state index contributed by atoms with van der Waals surface area (Å²) in [5, 5.41) is 8.47. The molecule has 0 spiro atoms. The van der Waals surface area contributed by atoms with Crippen LogP contribution in [0.25, 0.3) is 0 Å². The summed E-state index contributed by atoms with van der Waals surface area (Å²) in [5.41, 5.74) is 6.31. The minimum atomic E-state index is -0.511. The van der Waals surface area contributed by atoms with Crippen LogP contribution < -0.4 is 5.73 Å². The van der Waals surface area contributed by atoms with Crippen molar-refractivity contribution in [1.82, 2.24) is 0 Å². The predicted octanol–water partition coefficient (Wildman–Crippen LogP) is 2.39. The van der Waals surface area contributed by atoms with Crippen LogP contribution in [0.4, 0.5) is 0 Å². The Labute approximate surface area is 85.9 Å². The fourth-order valence-corrected chi connectivity index (χ4v) is 1.01. The average Bonchev–Trinajstić information content (AvgIpc) is 2.05. The molecule has 0 aliphatic rings. The summed E-state index contributed by atoms with van der Waals surface area (Å²) in [7, 11) is 0. The number of benzene rings is 1. The van der Waals surface area contributed by atoms with Gasteiger partial charge in [0.1, 0.15) is 6.04 Å². The Morgan fingerprint density at radius 1 is 1.33 bits per heavy atom. The van der Waals surface area contributed by atoms with Crippen molar-refractivity contribution in [1.29, 1.82) is 5.26 Å². The molecule has 2 nitrogen and oxygen atoms in total. The molecule has 0 aliphatic carbocycles. The normalized spacial score (nSPS) is 11.1. The molecular weight excluding hydrogens is 239 g/mol. The van der Waals surface area contributed by atoms with Gasteiger partial charge in [-0.3, -0.25) is 0 Å². The summed E-state index contributed by atoms with van der Waals surface area (Å²) in [6.07, 6.45) is 0. The minimum Gasteiger partial charge on any atom is -0.312 e. The minimum absolute atomic E-state index is 0. The number of nitriles is 1. The molecule has 1 atom stereocenters. The first-order valence-corrected chi connectivity index (χ1v) is 3.94. The Morgan fingerprint density at radius 3 is 2.25 bits per heavy atom. The van der Waals surface area contributed by atoms with Gasteiger partial charge in [-0.05, 0) is 17.7 Å². The van der Waals surface area contributed by atoms with Gasteiger partial charge in [-0.15, -0.1) is 12.4 Å². The lowest BCUT2D eigenvalue weighted by molar-refractivity contribution is 0.926. The van der Waals surface area contributed by atoms with Crippen molar-refractivity contribution in [2.75, 3.05) is 0 Å². The van der Waals surface area contributed by atoms with E-state index in [4.69, 9.17) is 11.0 Å². The van der Waals surface area contributed by atoms with Crippen molar-refractivity contribution in [3.63, 3.8) is 0 Å². The van der Waals surface area contributed by atoms with Gasteiger partial charge in [0.2, 0.25) is 0 Å². The van der Waals surface area contributed by atoms with Crippen LogP contribution in [0.2, 0.25) is 0 Å². The summed E-state index contributed by atoms with van der Waals surface area (Å²) < 4.78 is 0.992. The number of nitrogens with two attached hydrogens (primary N) is 1. The van der Waals surface area contributed by atoms with Crippen molar-refractivity contribution < 1.29 is 0 Å². The van der Waals surface area contributed by atoms with Gasteiger partial charge in [-0.1, -0.05) is 28.1 Å². The van der Waals surface area contributed by atoms with Gasteiger partial charge in [-0.2, -0.15) is 5.26 Å². The Morgan fingerprint density at radius 2 is 1.83 bits per heavy atom. The Kier molecular flexibility index (Phi) is 4.91. The lowest BCUT2D eigenvalue weighted by atomic mass is 10.1. The Balaban J connectivity index is 0.00000121. The fourth-order valence-electron chi connectivity index (χ4n) is 0.745. The van der Waals surface area contributed by atoms with Crippen molar-refractivity contribution in [3.05, 3.63) is 34.3 Å². The molecule has 4 heteroatoms. The van der Waals surface area contributed by atoms with Crippen LogP contribution in [0.5, 0.6) is 0 Å². The van der Waals surface area contributed by atoms with Gasteiger partial charge >= 0.3 is 0 Å². The van der Waals surface area contributed by atoms with E-state index >= 15 is 0 Å². The molecule has 0 amide bonds. The van der Waals surface area contributed by atoms with E-state index in [1.165, 1.54) is 0 Å². The maximum Gasteiger partial charge on any atom is 0.118 e. The molecule has 12 heavy (non-hydrogen) atoms. The second kappa shape index (κ2) is 5.15. The molecule has 1 aromatic rings. The van der Waals surface area contributed by atoms with Crippen molar-refractivity contribution in [2.24, 2.45) is 5.73 Å². The smallest absolute Gasteiger partial charge is 0.118 e. The molecule has 1 unspecified atom stereocenters. The second-order valence-corrected chi connectivity index (χ2v) is 3.07. The molecule has 0 aromatic heterocycles. The number of hydrogen-bond donors (Lipinski definition) is 1. The molecule has 1 rings (SSSR count). The molecule has 0 fully saturated rings. The molecule has 0 bridgehead atoms. The second-order valence-electron chi connectivity index (χ2n) is 2.16. The van der Waals surface area contributed by atoms with Crippen LogP contribution in [0.3, 0.4) is 0 Å². The third-order valence-electron chi connectivity index (χ3n) is 1.37. The summed E-state index contributed by atoms with van der Waals surface area (Å²) in [6.45, 7) is 0. The molecule has 0 saturated heterocycles. The van der Waals surface area contributed by atoms with E-state index in [-0.39, 0.29) is 12.4 Å². The van der Waals surface area contributed by atoms with Crippen molar-refractivity contribution in [2.45, 2.75) is 6.04 Å². The molecule has 0 aliphatic heterocycles. The van der Waals surface area contributed by atoms with E-state index in [1.54, 1.807) is 0 Å². The van der Waals surface area contributed by atoms with Crippen LogP contribution in [0.1, 0.15) is 11.6 Å². The molecule has 64 valence electrons. The zero-order valence-electron chi connectivity index (χ0n) is 6.20. The largest absolute Gasteiger partial charge is 0.312 e. The summed E-state index contributed by atoms with van der Waals surface area (Å²) in [5.74, 6) is 0. The van der Waals surface area contributed by atoms with Crippen LogP contribution in [0, 0.1) is 11.3 Å². The van der Waals surface area contributed by atoms with E-state index in [2.05, 4.69) is 15.9 Å². The fraction of sp³-hybridized carbons (Fsp3) is 0.125. The van der Waals surface area contributed by atoms with Gasteiger partial charge < -0.3 is 5.73 Å². The van der Waals surface area contributed by atoms with Gasteiger partial charge in [0, 0.05) is 4.47 Å². The van der Waals surface area contributed by atoms with Crippen LogP contribution in [0.15, 0.2) is 28.7 Å². The molecule has 0 heterocycles. The SMILES string of the molecule is Cl.N#CC(N)c1ccc(Br)cc1. The highest BCUT2D eigenvalue weighted by Gasteiger charge is 2.01. The van der Waals surface area contributed by atoms with Gasteiger partial charge in [0.15, 0.2) is 0 Å². The topological polar surface area (TPSA) is 49.8 Å². The zero-order chi connectivity index (χ0) is 8.27. The van der Waals surface area contributed by atoms with Crippen LogP contribution in [-0.4, -0.2) is 0 Å². The molecule has 1 aromatic carbocycles. The number of hydrogen-bond acceptors (Lipinski definition) is 2. The quantitative estimate of drug-likeness (QED) is 0.828. The first kappa shape index (κ1) is 11.4. The highest BCUT2D eigenvalue weighted by Crippen LogP contribution is 2.14. The Bertz CT molecular complexity index is 278. The Hall–Kier alpha value is -0.560. The lowest BCUT2D eigenvalue weighted by Crippen LogP contribution is -2.06.